The van der Waals surface area contributed by atoms with Crippen molar-refractivity contribution in [3.63, 3.8) is 0 Å². The molecule has 1 aliphatic rings. The maximum Gasteiger partial charge on any atom is 0.303 e. The summed E-state index contributed by atoms with van der Waals surface area (Å²) < 4.78 is 15.3. The van der Waals surface area contributed by atoms with E-state index in [2.05, 4.69) is 6.58 Å². The minimum atomic E-state index is -1.03. The van der Waals surface area contributed by atoms with Crippen LogP contribution in [0.5, 0.6) is 0 Å². The van der Waals surface area contributed by atoms with Gasteiger partial charge in [0, 0.05) is 13.3 Å². The largest absolute Gasteiger partial charge is 0.452 e. The van der Waals surface area contributed by atoms with Crippen molar-refractivity contribution in [2.45, 2.75) is 25.0 Å². The zero-order valence-electron chi connectivity index (χ0n) is 9.48. The number of epoxide rings is 1. The summed E-state index contributed by atoms with van der Waals surface area (Å²) in [4.78, 5) is 10.9. The second-order valence-electron chi connectivity index (χ2n) is 3.80. The molecule has 0 aromatic carbocycles. The second kappa shape index (κ2) is 5.98. The van der Waals surface area contributed by atoms with E-state index in [1.807, 2.05) is 0 Å². The summed E-state index contributed by atoms with van der Waals surface area (Å²) in [5.74, 6) is -0.445. The summed E-state index contributed by atoms with van der Waals surface area (Å²) >= 11 is 0. The van der Waals surface area contributed by atoms with Crippen molar-refractivity contribution in [2.75, 3.05) is 26.4 Å². The molecule has 0 aromatic rings. The fraction of sp³-hybridized carbons (Fsp3) is 0.727. The summed E-state index contributed by atoms with van der Waals surface area (Å²) in [7, 11) is 0. The molecule has 2 unspecified atom stereocenters. The molecule has 5 nitrogen and oxygen atoms in total. The van der Waals surface area contributed by atoms with Crippen molar-refractivity contribution in [3.05, 3.63) is 12.7 Å². The molecule has 0 radical (unpaired) electrons. The molecule has 92 valence electrons. The predicted molar refractivity (Wildman–Crippen MR) is 57.0 cm³/mol. The number of aliphatic hydroxyl groups excluding tert-OH is 1. The van der Waals surface area contributed by atoms with Gasteiger partial charge in [0.25, 0.3) is 0 Å². The molecule has 0 saturated carbocycles. The van der Waals surface area contributed by atoms with Crippen molar-refractivity contribution in [1.82, 2.24) is 0 Å². The average Bonchev–Trinajstić information content (AvgIpc) is 3.06. The molecule has 0 bridgehead atoms. The molecule has 0 aliphatic carbocycles. The van der Waals surface area contributed by atoms with Gasteiger partial charge in [0.05, 0.1) is 26.4 Å². The predicted octanol–water partition coefficient (Wildman–Crippen LogP) is 0.272. The maximum atomic E-state index is 10.9. The van der Waals surface area contributed by atoms with Gasteiger partial charge in [-0.05, 0) is 6.08 Å². The molecule has 1 N–H and O–H groups in total. The third kappa shape index (κ3) is 4.30. The Morgan fingerprint density at radius 3 is 2.88 bits per heavy atom. The lowest BCUT2D eigenvalue weighted by Gasteiger charge is -2.27. The molecule has 0 amide bonds. The Balaban J connectivity index is 2.29. The van der Waals surface area contributed by atoms with Crippen LogP contribution in [0.1, 0.15) is 13.3 Å². The van der Waals surface area contributed by atoms with E-state index in [1.165, 1.54) is 13.0 Å². The molecule has 5 heteroatoms. The van der Waals surface area contributed by atoms with Crippen LogP contribution >= 0.6 is 0 Å². The van der Waals surface area contributed by atoms with E-state index in [0.29, 0.717) is 19.6 Å². The highest BCUT2D eigenvalue weighted by Crippen LogP contribution is 2.18. The monoisotopic (exact) mass is 230 g/mol. The van der Waals surface area contributed by atoms with Gasteiger partial charge in [0.15, 0.2) is 5.60 Å². The van der Waals surface area contributed by atoms with Crippen LogP contribution in [0.3, 0.4) is 0 Å². The van der Waals surface area contributed by atoms with Crippen LogP contribution in [0.2, 0.25) is 0 Å². The minimum Gasteiger partial charge on any atom is -0.452 e. The summed E-state index contributed by atoms with van der Waals surface area (Å²) in [6.07, 6.45) is 2.03. The number of ether oxygens (including phenoxy) is 3. The lowest BCUT2D eigenvalue weighted by Crippen LogP contribution is -2.37. The van der Waals surface area contributed by atoms with Gasteiger partial charge in [-0.1, -0.05) is 6.58 Å². The van der Waals surface area contributed by atoms with Crippen LogP contribution in [-0.2, 0) is 19.0 Å². The van der Waals surface area contributed by atoms with Crippen molar-refractivity contribution >= 4 is 5.97 Å². The lowest BCUT2D eigenvalue weighted by atomic mass is 10.0. The highest BCUT2D eigenvalue weighted by molar-refractivity contribution is 5.66. The van der Waals surface area contributed by atoms with E-state index in [4.69, 9.17) is 14.2 Å². The minimum absolute atomic E-state index is 0.209. The van der Waals surface area contributed by atoms with Gasteiger partial charge in [0.1, 0.15) is 6.10 Å². The van der Waals surface area contributed by atoms with Crippen LogP contribution in [-0.4, -0.2) is 49.2 Å². The molecule has 0 aromatic heterocycles. The number of hydrogen-bond acceptors (Lipinski definition) is 5. The molecule has 1 fully saturated rings. The van der Waals surface area contributed by atoms with E-state index < -0.39 is 11.6 Å². The summed E-state index contributed by atoms with van der Waals surface area (Å²) in [6.45, 7) is 6.25. The Morgan fingerprint density at radius 2 is 2.44 bits per heavy atom. The van der Waals surface area contributed by atoms with Crippen molar-refractivity contribution in [3.8, 4) is 0 Å². The third-order valence-corrected chi connectivity index (χ3v) is 2.36. The van der Waals surface area contributed by atoms with Gasteiger partial charge in [-0.2, -0.15) is 0 Å². The molecular weight excluding hydrogens is 212 g/mol. The first-order chi connectivity index (χ1) is 7.62. The summed E-state index contributed by atoms with van der Waals surface area (Å²) in [5, 5.41) is 9.22. The quantitative estimate of drug-likeness (QED) is 0.280. The number of hydrogen-bond donors (Lipinski definition) is 1. The number of carbonyl (C=O) groups is 1. The Labute approximate surface area is 95.0 Å². The Bertz CT molecular complexity index is 249. The SMILES string of the molecule is C=CC(CO)(CCOCC1CO1)OC(C)=O. The standard InChI is InChI=1S/C11H18O5/c1-3-11(8-12,16-9(2)13)4-5-14-6-10-7-15-10/h3,10,12H,1,4-8H2,2H3. The first-order valence-electron chi connectivity index (χ1n) is 5.25. The smallest absolute Gasteiger partial charge is 0.303 e. The molecule has 1 rings (SSSR count). The van der Waals surface area contributed by atoms with Gasteiger partial charge in [0.2, 0.25) is 0 Å². The van der Waals surface area contributed by atoms with Gasteiger partial charge in [-0.25, -0.2) is 0 Å². The Kier molecular flexibility index (Phi) is 4.92. The molecular formula is C11H18O5. The first kappa shape index (κ1) is 13.2. The molecule has 16 heavy (non-hydrogen) atoms. The van der Waals surface area contributed by atoms with E-state index in [-0.39, 0.29) is 12.7 Å². The van der Waals surface area contributed by atoms with Crippen molar-refractivity contribution in [1.29, 1.82) is 0 Å². The molecule has 1 heterocycles. The van der Waals surface area contributed by atoms with Crippen LogP contribution in [0, 0.1) is 0 Å². The van der Waals surface area contributed by atoms with Gasteiger partial charge < -0.3 is 19.3 Å². The molecule has 1 aliphatic heterocycles. The van der Waals surface area contributed by atoms with E-state index >= 15 is 0 Å². The third-order valence-electron chi connectivity index (χ3n) is 2.36. The zero-order chi connectivity index (χ0) is 12.0. The van der Waals surface area contributed by atoms with Crippen LogP contribution in [0.25, 0.3) is 0 Å². The van der Waals surface area contributed by atoms with Crippen LogP contribution in [0.4, 0.5) is 0 Å². The van der Waals surface area contributed by atoms with Gasteiger partial charge >= 0.3 is 5.97 Å². The summed E-state index contributed by atoms with van der Waals surface area (Å²) in [5.41, 5.74) is -1.03. The fourth-order valence-electron chi connectivity index (χ4n) is 1.28. The zero-order valence-corrected chi connectivity index (χ0v) is 9.48. The Hall–Kier alpha value is -0.910. The number of aliphatic hydroxyl groups is 1. The fourth-order valence-corrected chi connectivity index (χ4v) is 1.28. The van der Waals surface area contributed by atoms with Crippen molar-refractivity contribution in [2.24, 2.45) is 0 Å². The van der Waals surface area contributed by atoms with E-state index in [0.717, 1.165) is 6.61 Å². The lowest BCUT2D eigenvalue weighted by molar-refractivity contribution is -0.157. The normalized spacial score (nSPS) is 22.2. The average molecular weight is 230 g/mol. The Morgan fingerprint density at radius 1 is 1.75 bits per heavy atom. The van der Waals surface area contributed by atoms with Gasteiger partial charge in [-0.3, -0.25) is 4.79 Å². The number of esters is 1. The first-order valence-corrected chi connectivity index (χ1v) is 5.25. The van der Waals surface area contributed by atoms with Crippen molar-refractivity contribution < 1.29 is 24.1 Å². The topological polar surface area (TPSA) is 68.3 Å². The van der Waals surface area contributed by atoms with Crippen LogP contribution < -0.4 is 0 Å². The van der Waals surface area contributed by atoms with Crippen LogP contribution in [0.15, 0.2) is 12.7 Å². The highest BCUT2D eigenvalue weighted by Gasteiger charge is 2.29. The maximum absolute atomic E-state index is 10.9. The molecule has 0 spiro atoms. The second-order valence-corrected chi connectivity index (χ2v) is 3.80. The highest BCUT2D eigenvalue weighted by atomic mass is 16.6. The number of rotatable bonds is 8. The summed E-state index contributed by atoms with van der Waals surface area (Å²) in [6, 6.07) is 0. The molecule has 1 saturated heterocycles. The van der Waals surface area contributed by atoms with E-state index in [9.17, 15) is 9.90 Å². The van der Waals surface area contributed by atoms with E-state index in [1.54, 1.807) is 0 Å². The van der Waals surface area contributed by atoms with Gasteiger partial charge in [-0.15, -0.1) is 0 Å². The molecule has 2 atom stereocenters. The number of carbonyl (C=O) groups excluding carboxylic acids is 1.